The number of H-pyrrole nitrogens is 1. The van der Waals surface area contributed by atoms with E-state index >= 15 is 0 Å². The van der Waals surface area contributed by atoms with E-state index in [1.54, 1.807) is 6.20 Å². The maximum absolute atomic E-state index is 3.83. The van der Waals surface area contributed by atoms with Crippen molar-refractivity contribution >= 4 is 6.08 Å². The molecule has 1 heterocycles. The Kier molecular flexibility index (Phi) is 3.41. The molecule has 3 heteroatoms. The van der Waals surface area contributed by atoms with Crippen LogP contribution in [0.15, 0.2) is 18.3 Å². The number of hydrogen-bond acceptors (Lipinski definition) is 2. The molecule has 0 atom stereocenters. The van der Waals surface area contributed by atoms with Crippen LogP contribution in [-0.2, 0) is 0 Å². The highest BCUT2D eigenvalue weighted by Crippen LogP contribution is 1.95. The van der Waals surface area contributed by atoms with Crippen molar-refractivity contribution in [1.82, 2.24) is 15.5 Å². The molecule has 1 rings (SSSR count). The highest BCUT2D eigenvalue weighted by atomic mass is 15.1. The van der Waals surface area contributed by atoms with E-state index in [1.807, 2.05) is 19.2 Å². The van der Waals surface area contributed by atoms with Crippen LogP contribution in [0.5, 0.6) is 0 Å². The molecule has 0 aromatic carbocycles. The Hall–Kier alpha value is -1.09. The largest absolute Gasteiger partial charge is 0.319 e. The molecule has 11 heavy (non-hydrogen) atoms. The average molecular weight is 151 g/mol. The van der Waals surface area contributed by atoms with Crippen molar-refractivity contribution in [3.8, 4) is 0 Å². The molecule has 1 aromatic heterocycles. The van der Waals surface area contributed by atoms with Gasteiger partial charge in [0.2, 0.25) is 0 Å². The Balaban J connectivity index is 2.25. The van der Waals surface area contributed by atoms with Gasteiger partial charge >= 0.3 is 0 Å². The second kappa shape index (κ2) is 4.68. The topological polar surface area (TPSA) is 40.7 Å². The van der Waals surface area contributed by atoms with Gasteiger partial charge in [-0.05, 0) is 32.2 Å². The summed E-state index contributed by atoms with van der Waals surface area (Å²) in [5.41, 5.74) is 1.06. The number of rotatable bonds is 4. The summed E-state index contributed by atoms with van der Waals surface area (Å²) in [4.78, 5) is 0. The van der Waals surface area contributed by atoms with Gasteiger partial charge in [0.1, 0.15) is 0 Å². The fourth-order valence-electron chi connectivity index (χ4n) is 0.797. The van der Waals surface area contributed by atoms with Gasteiger partial charge in [0.15, 0.2) is 0 Å². The van der Waals surface area contributed by atoms with E-state index in [2.05, 4.69) is 21.6 Å². The number of hydrogen-bond donors (Lipinski definition) is 2. The van der Waals surface area contributed by atoms with Crippen molar-refractivity contribution < 1.29 is 0 Å². The van der Waals surface area contributed by atoms with Gasteiger partial charge in [-0.2, -0.15) is 5.10 Å². The van der Waals surface area contributed by atoms with E-state index in [1.165, 1.54) is 0 Å². The molecule has 0 amide bonds. The van der Waals surface area contributed by atoms with Gasteiger partial charge in [-0.15, -0.1) is 0 Å². The van der Waals surface area contributed by atoms with Crippen LogP contribution in [0.3, 0.4) is 0 Å². The molecule has 0 fully saturated rings. The summed E-state index contributed by atoms with van der Waals surface area (Å²) in [6.07, 6.45) is 6.95. The molecule has 0 aliphatic carbocycles. The molecule has 0 unspecified atom stereocenters. The summed E-state index contributed by atoms with van der Waals surface area (Å²) >= 11 is 0. The Labute approximate surface area is 66.5 Å². The van der Waals surface area contributed by atoms with Gasteiger partial charge < -0.3 is 5.32 Å². The van der Waals surface area contributed by atoms with Crippen LogP contribution in [0.25, 0.3) is 6.08 Å². The summed E-state index contributed by atoms with van der Waals surface area (Å²) in [5.74, 6) is 0. The van der Waals surface area contributed by atoms with Gasteiger partial charge in [0.05, 0.1) is 5.69 Å². The molecular formula is C8H13N3. The monoisotopic (exact) mass is 151 g/mol. The van der Waals surface area contributed by atoms with Crippen molar-refractivity contribution in [2.75, 3.05) is 13.6 Å². The van der Waals surface area contributed by atoms with E-state index in [9.17, 15) is 0 Å². The van der Waals surface area contributed by atoms with Crippen LogP contribution in [0, 0.1) is 0 Å². The molecule has 60 valence electrons. The van der Waals surface area contributed by atoms with Gasteiger partial charge in [0, 0.05) is 6.20 Å². The smallest absolute Gasteiger partial charge is 0.0574 e. The average Bonchev–Trinajstić information content (AvgIpc) is 2.50. The van der Waals surface area contributed by atoms with Gasteiger partial charge in [-0.25, -0.2) is 0 Å². The van der Waals surface area contributed by atoms with Gasteiger partial charge in [-0.1, -0.05) is 6.08 Å². The summed E-state index contributed by atoms with van der Waals surface area (Å²) in [6.45, 7) is 1.02. The Bertz CT molecular complexity index is 201. The molecule has 2 N–H and O–H groups in total. The third kappa shape index (κ3) is 3.00. The van der Waals surface area contributed by atoms with Crippen LogP contribution < -0.4 is 5.32 Å². The molecular weight excluding hydrogens is 138 g/mol. The quantitative estimate of drug-likeness (QED) is 0.631. The summed E-state index contributed by atoms with van der Waals surface area (Å²) in [5, 5.41) is 9.76. The lowest BCUT2D eigenvalue weighted by molar-refractivity contribution is 0.809. The van der Waals surface area contributed by atoms with Crippen molar-refractivity contribution in [3.05, 3.63) is 24.0 Å². The molecule has 0 saturated heterocycles. The van der Waals surface area contributed by atoms with Gasteiger partial charge in [-0.3, -0.25) is 5.10 Å². The summed E-state index contributed by atoms with van der Waals surface area (Å²) < 4.78 is 0. The number of nitrogens with one attached hydrogen (secondary N) is 2. The van der Waals surface area contributed by atoms with Gasteiger partial charge in [0.25, 0.3) is 0 Å². The minimum Gasteiger partial charge on any atom is -0.319 e. The van der Waals surface area contributed by atoms with E-state index in [-0.39, 0.29) is 0 Å². The van der Waals surface area contributed by atoms with E-state index in [0.29, 0.717) is 0 Å². The number of aromatic nitrogens is 2. The fourth-order valence-corrected chi connectivity index (χ4v) is 0.797. The lowest BCUT2D eigenvalue weighted by Gasteiger charge is -1.89. The summed E-state index contributed by atoms with van der Waals surface area (Å²) in [7, 11) is 1.95. The van der Waals surface area contributed by atoms with Crippen molar-refractivity contribution in [2.24, 2.45) is 0 Å². The SMILES string of the molecule is CNCCC=Cc1ccn[nH]1. The van der Waals surface area contributed by atoms with Crippen molar-refractivity contribution in [3.63, 3.8) is 0 Å². The number of aromatic amines is 1. The molecule has 1 aromatic rings. The molecule has 0 aliphatic rings. The third-order valence-corrected chi connectivity index (χ3v) is 1.38. The zero-order chi connectivity index (χ0) is 7.94. The van der Waals surface area contributed by atoms with Crippen LogP contribution in [0.2, 0.25) is 0 Å². The van der Waals surface area contributed by atoms with Crippen LogP contribution in [0.1, 0.15) is 12.1 Å². The first-order valence-electron chi connectivity index (χ1n) is 3.74. The minimum atomic E-state index is 1.02. The zero-order valence-electron chi connectivity index (χ0n) is 6.67. The first-order chi connectivity index (χ1) is 5.43. The van der Waals surface area contributed by atoms with Crippen molar-refractivity contribution in [1.29, 1.82) is 0 Å². The van der Waals surface area contributed by atoms with Crippen LogP contribution in [-0.4, -0.2) is 23.8 Å². The maximum atomic E-state index is 3.83. The lowest BCUT2D eigenvalue weighted by atomic mass is 10.3. The predicted molar refractivity (Wildman–Crippen MR) is 46.2 cm³/mol. The highest BCUT2D eigenvalue weighted by molar-refractivity contribution is 5.42. The fraction of sp³-hybridized carbons (Fsp3) is 0.375. The molecule has 0 radical (unpaired) electrons. The lowest BCUT2D eigenvalue weighted by Crippen LogP contribution is -2.05. The third-order valence-electron chi connectivity index (χ3n) is 1.38. The van der Waals surface area contributed by atoms with E-state index in [4.69, 9.17) is 0 Å². The Morgan fingerprint density at radius 1 is 1.73 bits per heavy atom. The minimum absolute atomic E-state index is 1.02. The summed E-state index contributed by atoms with van der Waals surface area (Å²) in [6, 6.07) is 1.94. The highest BCUT2D eigenvalue weighted by Gasteiger charge is 1.83. The van der Waals surface area contributed by atoms with Crippen LogP contribution >= 0.6 is 0 Å². The standard InChI is InChI=1S/C8H13N3/c1-9-6-3-2-4-8-5-7-10-11-8/h2,4-5,7,9H,3,6H2,1H3,(H,10,11). The molecule has 0 aliphatic heterocycles. The van der Waals surface area contributed by atoms with Crippen LogP contribution in [0.4, 0.5) is 0 Å². The van der Waals surface area contributed by atoms with E-state index < -0.39 is 0 Å². The molecule has 0 saturated carbocycles. The first kappa shape index (κ1) is 8.01. The Morgan fingerprint density at radius 2 is 2.64 bits per heavy atom. The van der Waals surface area contributed by atoms with Crippen molar-refractivity contribution in [2.45, 2.75) is 6.42 Å². The normalized spacial score (nSPS) is 11.0. The number of nitrogens with zero attached hydrogens (tertiary/aromatic N) is 1. The molecule has 0 bridgehead atoms. The molecule has 0 spiro atoms. The van der Waals surface area contributed by atoms with E-state index in [0.717, 1.165) is 18.7 Å². The predicted octanol–water partition coefficient (Wildman–Crippen LogP) is 1.03. The second-order valence-corrected chi connectivity index (χ2v) is 2.31. The zero-order valence-corrected chi connectivity index (χ0v) is 6.67. The molecule has 3 nitrogen and oxygen atoms in total. The second-order valence-electron chi connectivity index (χ2n) is 2.31. The first-order valence-corrected chi connectivity index (χ1v) is 3.74. The maximum Gasteiger partial charge on any atom is 0.0574 e. The Morgan fingerprint density at radius 3 is 3.27 bits per heavy atom.